The van der Waals surface area contributed by atoms with Crippen molar-refractivity contribution in [2.75, 3.05) is 19.8 Å². The van der Waals surface area contributed by atoms with E-state index in [4.69, 9.17) is 4.74 Å². The van der Waals surface area contributed by atoms with E-state index in [1.807, 2.05) is 25.6 Å². The highest BCUT2D eigenvalue weighted by Crippen LogP contribution is 2.30. The molecule has 1 aromatic heterocycles. The molecule has 6 heteroatoms. The fourth-order valence-electron chi connectivity index (χ4n) is 3.15. The monoisotopic (exact) mass is 317 g/mol. The molecule has 0 N–H and O–H groups in total. The predicted molar refractivity (Wildman–Crippen MR) is 83.7 cm³/mol. The van der Waals surface area contributed by atoms with Gasteiger partial charge >= 0.3 is 0 Å². The third-order valence-electron chi connectivity index (χ3n) is 4.36. The maximum absolute atomic E-state index is 13.4. The number of carbonyl (C=O) groups excluding carboxylic acids is 1. The van der Waals surface area contributed by atoms with E-state index in [1.54, 1.807) is 17.0 Å². The van der Waals surface area contributed by atoms with Crippen LogP contribution in [0.15, 0.2) is 24.3 Å². The van der Waals surface area contributed by atoms with Crippen molar-refractivity contribution in [3.8, 4) is 0 Å². The number of morpholine rings is 1. The Morgan fingerprint density at radius 2 is 2.17 bits per heavy atom. The second-order valence-electron chi connectivity index (χ2n) is 5.81. The van der Waals surface area contributed by atoms with E-state index in [0.717, 1.165) is 17.0 Å². The summed E-state index contributed by atoms with van der Waals surface area (Å²) in [5.74, 6) is -0.588. The number of amides is 1. The van der Waals surface area contributed by atoms with E-state index >= 15 is 0 Å². The highest BCUT2D eigenvalue weighted by Gasteiger charge is 2.33. The average Bonchev–Trinajstić information content (AvgIpc) is 2.79. The first-order chi connectivity index (χ1) is 11.0. The van der Waals surface area contributed by atoms with Crippen LogP contribution in [-0.2, 0) is 11.8 Å². The lowest BCUT2D eigenvalue weighted by atomic mass is 10.0. The Kier molecular flexibility index (Phi) is 4.17. The van der Waals surface area contributed by atoms with Gasteiger partial charge in [0.1, 0.15) is 5.82 Å². The summed E-state index contributed by atoms with van der Waals surface area (Å²) >= 11 is 0. The second-order valence-corrected chi connectivity index (χ2v) is 5.81. The highest BCUT2D eigenvalue weighted by molar-refractivity contribution is 5.94. The maximum atomic E-state index is 13.4. The van der Waals surface area contributed by atoms with Crippen LogP contribution in [0.1, 0.15) is 33.4 Å². The zero-order valence-corrected chi connectivity index (χ0v) is 13.5. The third-order valence-corrected chi connectivity index (χ3v) is 4.36. The Morgan fingerprint density at radius 1 is 1.39 bits per heavy atom. The van der Waals surface area contributed by atoms with Crippen molar-refractivity contribution in [1.29, 1.82) is 0 Å². The summed E-state index contributed by atoms with van der Waals surface area (Å²) in [5.41, 5.74) is 3.26. The third kappa shape index (κ3) is 2.86. The number of carbonyl (C=O) groups is 1. The first-order valence-electron chi connectivity index (χ1n) is 7.63. The van der Waals surface area contributed by atoms with Crippen LogP contribution in [0.2, 0.25) is 0 Å². The predicted octanol–water partition coefficient (Wildman–Crippen LogP) is 2.39. The number of aromatic nitrogens is 2. The molecule has 0 radical (unpaired) electrons. The number of halogens is 1. The van der Waals surface area contributed by atoms with Gasteiger partial charge in [-0.25, -0.2) is 4.39 Å². The zero-order valence-electron chi connectivity index (χ0n) is 13.5. The SMILES string of the molecule is Cc1nn(C)c(C)c1[C@@H]1COCCN1C(=O)c1cccc(F)c1. The molecule has 0 spiro atoms. The molecular weight excluding hydrogens is 297 g/mol. The maximum Gasteiger partial charge on any atom is 0.254 e. The molecule has 0 bridgehead atoms. The fourth-order valence-corrected chi connectivity index (χ4v) is 3.15. The molecule has 1 atom stereocenters. The topological polar surface area (TPSA) is 47.4 Å². The van der Waals surface area contributed by atoms with Crippen LogP contribution in [0.3, 0.4) is 0 Å². The number of nitrogens with zero attached hydrogens (tertiary/aromatic N) is 3. The van der Waals surface area contributed by atoms with E-state index in [2.05, 4.69) is 5.10 Å². The Morgan fingerprint density at radius 3 is 2.83 bits per heavy atom. The summed E-state index contributed by atoms with van der Waals surface area (Å²) in [6.07, 6.45) is 0. The van der Waals surface area contributed by atoms with Gasteiger partial charge in [-0.15, -0.1) is 0 Å². The number of benzene rings is 1. The van der Waals surface area contributed by atoms with Gasteiger partial charge in [0.05, 0.1) is 24.9 Å². The van der Waals surface area contributed by atoms with Crippen LogP contribution < -0.4 is 0 Å². The summed E-state index contributed by atoms with van der Waals surface area (Å²) in [7, 11) is 1.88. The normalized spacial score (nSPS) is 18.3. The van der Waals surface area contributed by atoms with Gasteiger partial charge in [0.15, 0.2) is 0 Å². The van der Waals surface area contributed by atoms with Gasteiger partial charge in [-0.05, 0) is 32.0 Å². The molecule has 23 heavy (non-hydrogen) atoms. The zero-order chi connectivity index (χ0) is 16.6. The number of ether oxygens (including phenoxy) is 1. The molecule has 3 rings (SSSR count). The molecule has 0 saturated carbocycles. The summed E-state index contributed by atoms with van der Waals surface area (Å²) in [5, 5.41) is 4.43. The van der Waals surface area contributed by atoms with E-state index < -0.39 is 5.82 Å². The van der Waals surface area contributed by atoms with Gasteiger partial charge in [-0.1, -0.05) is 6.07 Å². The largest absolute Gasteiger partial charge is 0.377 e. The van der Waals surface area contributed by atoms with Gasteiger partial charge < -0.3 is 9.64 Å². The van der Waals surface area contributed by atoms with Crippen molar-refractivity contribution in [2.45, 2.75) is 19.9 Å². The number of hydrogen-bond acceptors (Lipinski definition) is 3. The van der Waals surface area contributed by atoms with E-state index in [0.29, 0.717) is 25.3 Å². The molecule has 1 aromatic carbocycles. The first-order valence-corrected chi connectivity index (χ1v) is 7.63. The van der Waals surface area contributed by atoms with Crippen LogP contribution in [0, 0.1) is 19.7 Å². The van der Waals surface area contributed by atoms with Crippen molar-refractivity contribution in [3.63, 3.8) is 0 Å². The van der Waals surface area contributed by atoms with Crippen LogP contribution in [0.5, 0.6) is 0 Å². The average molecular weight is 317 g/mol. The minimum absolute atomic E-state index is 0.180. The summed E-state index contributed by atoms with van der Waals surface area (Å²) in [4.78, 5) is 14.6. The number of rotatable bonds is 2. The Labute approximate surface area is 134 Å². The van der Waals surface area contributed by atoms with Crippen LogP contribution >= 0.6 is 0 Å². The molecule has 1 amide bonds. The fraction of sp³-hybridized carbons (Fsp3) is 0.412. The lowest BCUT2D eigenvalue weighted by Crippen LogP contribution is -2.43. The molecular formula is C17H20FN3O2. The Bertz CT molecular complexity index is 741. The van der Waals surface area contributed by atoms with Gasteiger partial charge in [-0.2, -0.15) is 5.10 Å². The summed E-state index contributed by atoms with van der Waals surface area (Å²) < 4.78 is 20.8. The Hall–Kier alpha value is -2.21. The second kappa shape index (κ2) is 6.12. The van der Waals surface area contributed by atoms with Crippen molar-refractivity contribution < 1.29 is 13.9 Å². The van der Waals surface area contributed by atoms with Gasteiger partial charge in [-0.3, -0.25) is 9.48 Å². The lowest BCUT2D eigenvalue weighted by Gasteiger charge is -2.36. The number of aryl methyl sites for hydroxylation is 2. The minimum Gasteiger partial charge on any atom is -0.377 e. The molecule has 2 heterocycles. The van der Waals surface area contributed by atoms with Crippen LogP contribution in [0.4, 0.5) is 4.39 Å². The van der Waals surface area contributed by atoms with Crippen molar-refractivity contribution in [2.24, 2.45) is 7.05 Å². The first kappa shape index (κ1) is 15.7. The molecule has 5 nitrogen and oxygen atoms in total. The van der Waals surface area contributed by atoms with Crippen molar-refractivity contribution in [3.05, 3.63) is 52.6 Å². The van der Waals surface area contributed by atoms with Gasteiger partial charge in [0.2, 0.25) is 0 Å². The van der Waals surface area contributed by atoms with E-state index in [9.17, 15) is 9.18 Å². The highest BCUT2D eigenvalue weighted by atomic mass is 19.1. The summed E-state index contributed by atoms with van der Waals surface area (Å²) in [6, 6.07) is 5.61. The lowest BCUT2D eigenvalue weighted by molar-refractivity contribution is -0.00306. The quantitative estimate of drug-likeness (QED) is 0.854. The minimum atomic E-state index is -0.408. The van der Waals surface area contributed by atoms with E-state index in [1.165, 1.54) is 12.1 Å². The van der Waals surface area contributed by atoms with E-state index in [-0.39, 0.29) is 11.9 Å². The standard InChI is InChI=1S/C17H20FN3O2/c1-11-16(12(2)20(3)19-11)15-10-23-8-7-21(15)17(22)13-5-4-6-14(18)9-13/h4-6,9,15H,7-8,10H2,1-3H3/t15-/m0/s1. The molecule has 1 fully saturated rings. The molecule has 0 aliphatic carbocycles. The molecule has 1 aliphatic rings. The van der Waals surface area contributed by atoms with Crippen molar-refractivity contribution >= 4 is 5.91 Å². The Balaban J connectivity index is 1.97. The molecule has 0 unspecified atom stereocenters. The smallest absolute Gasteiger partial charge is 0.254 e. The van der Waals surface area contributed by atoms with Crippen molar-refractivity contribution in [1.82, 2.24) is 14.7 Å². The van der Waals surface area contributed by atoms with Crippen LogP contribution in [0.25, 0.3) is 0 Å². The molecule has 122 valence electrons. The summed E-state index contributed by atoms with van der Waals surface area (Å²) in [6.45, 7) is 5.30. The number of hydrogen-bond donors (Lipinski definition) is 0. The van der Waals surface area contributed by atoms with Gasteiger partial charge in [0.25, 0.3) is 5.91 Å². The molecule has 2 aromatic rings. The molecule has 1 aliphatic heterocycles. The van der Waals surface area contributed by atoms with Crippen LogP contribution in [-0.4, -0.2) is 40.3 Å². The molecule has 1 saturated heterocycles. The van der Waals surface area contributed by atoms with Gasteiger partial charge in [0, 0.05) is 30.4 Å².